The maximum Gasteiger partial charge on any atom is 0.373 e. The topological polar surface area (TPSA) is 97.0 Å². The number of methoxy groups -OCH3 is 1. The van der Waals surface area contributed by atoms with Gasteiger partial charge >= 0.3 is 11.9 Å². The molecule has 1 atom stereocenters. The van der Waals surface area contributed by atoms with Crippen molar-refractivity contribution >= 4 is 11.9 Å². The summed E-state index contributed by atoms with van der Waals surface area (Å²) < 4.78 is 9.44. The van der Waals surface area contributed by atoms with Gasteiger partial charge in [0.1, 0.15) is 5.76 Å². The number of rotatable bonds is 4. The van der Waals surface area contributed by atoms with Gasteiger partial charge in [-0.15, -0.1) is 0 Å². The van der Waals surface area contributed by atoms with E-state index < -0.39 is 17.5 Å². The molecular weight excluding hydrogens is 216 g/mol. The lowest BCUT2D eigenvalue weighted by atomic mass is 10.0. The second-order valence-electron chi connectivity index (χ2n) is 3.51. The summed E-state index contributed by atoms with van der Waals surface area (Å²) in [7, 11) is 1.21. The zero-order valence-corrected chi connectivity index (χ0v) is 8.89. The smallest absolute Gasteiger partial charge is 0.373 e. The number of furan rings is 1. The van der Waals surface area contributed by atoms with Gasteiger partial charge in [-0.25, -0.2) is 9.59 Å². The molecular formula is C10H12O6. The first-order valence-corrected chi connectivity index (χ1v) is 4.49. The van der Waals surface area contributed by atoms with Gasteiger partial charge in [-0.1, -0.05) is 0 Å². The largest absolute Gasteiger partial charge is 0.479 e. The third kappa shape index (κ3) is 2.60. The van der Waals surface area contributed by atoms with Crippen LogP contribution < -0.4 is 0 Å². The van der Waals surface area contributed by atoms with E-state index in [1.807, 2.05) is 0 Å². The van der Waals surface area contributed by atoms with E-state index in [1.165, 1.54) is 19.2 Å². The fraction of sp³-hybridized carbons (Fsp3) is 0.400. The van der Waals surface area contributed by atoms with Crippen molar-refractivity contribution in [2.24, 2.45) is 0 Å². The summed E-state index contributed by atoms with van der Waals surface area (Å²) in [5, 5.41) is 18.2. The fourth-order valence-corrected chi connectivity index (χ4v) is 1.10. The Labute approximate surface area is 91.4 Å². The first-order chi connectivity index (χ1) is 7.36. The van der Waals surface area contributed by atoms with Crippen molar-refractivity contribution < 1.29 is 29.0 Å². The number of aliphatic carboxylic acids is 1. The van der Waals surface area contributed by atoms with E-state index in [4.69, 9.17) is 9.52 Å². The van der Waals surface area contributed by atoms with Gasteiger partial charge in [0.2, 0.25) is 5.76 Å². The minimum absolute atomic E-state index is 0.0290. The van der Waals surface area contributed by atoms with Gasteiger partial charge in [0.15, 0.2) is 5.60 Å². The van der Waals surface area contributed by atoms with E-state index in [9.17, 15) is 14.7 Å². The molecule has 0 aliphatic carbocycles. The number of carboxylic acid groups (broad SMARTS) is 1. The van der Waals surface area contributed by atoms with Crippen molar-refractivity contribution in [2.75, 3.05) is 7.11 Å². The molecule has 2 N–H and O–H groups in total. The molecule has 0 aliphatic rings. The van der Waals surface area contributed by atoms with E-state index in [-0.39, 0.29) is 17.9 Å². The standard InChI is InChI=1S/C10H12O6/c1-10(14,9(12)13)5-6-3-4-7(16-6)8(11)15-2/h3-4,14H,5H2,1-2H3,(H,12,13). The molecule has 88 valence electrons. The van der Waals surface area contributed by atoms with Crippen LogP contribution in [0.25, 0.3) is 0 Å². The van der Waals surface area contributed by atoms with Gasteiger partial charge in [0, 0.05) is 6.42 Å². The highest BCUT2D eigenvalue weighted by atomic mass is 16.5. The number of carboxylic acids is 1. The summed E-state index contributed by atoms with van der Waals surface area (Å²) >= 11 is 0. The Balaban J connectivity index is 2.80. The Bertz CT molecular complexity index is 403. The van der Waals surface area contributed by atoms with Gasteiger partial charge in [-0.3, -0.25) is 0 Å². The van der Waals surface area contributed by atoms with Crippen LogP contribution in [0.5, 0.6) is 0 Å². The predicted octanol–water partition coefficient (Wildman–Crippen LogP) is 0.444. The summed E-state index contributed by atoms with van der Waals surface area (Å²) in [6, 6.07) is 2.78. The SMILES string of the molecule is COC(=O)c1ccc(CC(C)(O)C(=O)O)o1. The van der Waals surface area contributed by atoms with E-state index in [1.54, 1.807) is 0 Å². The Morgan fingerprint density at radius 1 is 1.50 bits per heavy atom. The number of carbonyl (C=O) groups excluding carboxylic acids is 1. The zero-order chi connectivity index (χ0) is 12.3. The van der Waals surface area contributed by atoms with Gasteiger partial charge in [0.05, 0.1) is 7.11 Å². The molecule has 0 amide bonds. The van der Waals surface area contributed by atoms with Gasteiger partial charge in [-0.05, 0) is 19.1 Å². The lowest BCUT2D eigenvalue weighted by Gasteiger charge is -2.15. The highest BCUT2D eigenvalue weighted by Crippen LogP contribution is 2.16. The molecule has 1 unspecified atom stereocenters. The molecule has 0 saturated heterocycles. The maximum absolute atomic E-state index is 11.0. The number of ether oxygens (including phenoxy) is 1. The van der Waals surface area contributed by atoms with Crippen LogP contribution in [0, 0.1) is 0 Å². The summed E-state index contributed by atoms with van der Waals surface area (Å²) in [6.45, 7) is 1.15. The molecule has 0 bridgehead atoms. The molecule has 0 saturated carbocycles. The predicted molar refractivity (Wildman–Crippen MR) is 52.0 cm³/mol. The third-order valence-corrected chi connectivity index (χ3v) is 2.03. The Kier molecular flexibility index (Phi) is 3.34. The second kappa shape index (κ2) is 4.36. The van der Waals surface area contributed by atoms with Crippen LogP contribution in [0.2, 0.25) is 0 Å². The van der Waals surface area contributed by atoms with Crippen molar-refractivity contribution in [1.82, 2.24) is 0 Å². The van der Waals surface area contributed by atoms with Crippen LogP contribution in [0.4, 0.5) is 0 Å². The fourth-order valence-electron chi connectivity index (χ4n) is 1.10. The van der Waals surface area contributed by atoms with Crippen LogP contribution >= 0.6 is 0 Å². The quantitative estimate of drug-likeness (QED) is 0.726. The van der Waals surface area contributed by atoms with Crippen LogP contribution in [-0.4, -0.2) is 34.9 Å². The van der Waals surface area contributed by atoms with Gasteiger partial charge in [-0.2, -0.15) is 0 Å². The summed E-state index contributed by atoms with van der Waals surface area (Å²) in [5.74, 6) is -1.84. The van der Waals surface area contributed by atoms with Crippen molar-refractivity contribution in [3.63, 3.8) is 0 Å². The number of aliphatic hydroxyl groups is 1. The lowest BCUT2D eigenvalue weighted by Crippen LogP contribution is -2.37. The Hall–Kier alpha value is -1.82. The maximum atomic E-state index is 11.0. The molecule has 6 nitrogen and oxygen atoms in total. The lowest BCUT2D eigenvalue weighted by molar-refractivity contribution is -0.156. The normalized spacial score (nSPS) is 14.2. The first-order valence-electron chi connectivity index (χ1n) is 4.49. The van der Waals surface area contributed by atoms with Crippen molar-refractivity contribution in [2.45, 2.75) is 18.9 Å². The molecule has 1 aromatic heterocycles. The summed E-state index contributed by atoms with van der Waals surface area (Å²) in [6.07, 6.45) is -0.223. The van der Waals surface area contributed by atoms with Crippen LogP contribution in [-0.2, 0) is 16.0 Å². The molecule has 16 heavy (non-hydrogen) atoms. The molecule has 0 aromatic carbocycles. The average Bonchev–Trinajstić information content (AvgIpc) is 2.64. The third-order valence-electron chi connectivity index (χ3n) is 2.03. The molecule has 1 rings (SSSR count). The molecule has 0 radical (unpaired) electrons. The van der Waals surface area contributed by atoms with Crippen LogP contribution in [0.15, 0.2) is 16.5 Å². The van der Waals surface area contributed by atoms with E-state index >= 15 is 0 Å². The minimum Gasteiger partial charge on any atom is -0.479 e. The Morgan fingerprint density at radius 2 is 2.12 bits per heavy atom. The molecule has 1 heterocycles. The number of carbonyl (C=O) groups is 2. The highest BCUT2D eigenvalue weighted by Gasteiger charge is 2.31. The molecule has 6 heteroatoms. The van der Waals surface area contributed by atoms with Crippen LogP contribution in [0.3, 0.4) is 0 Å². The van der Waals surface area contributed by atoms with Gasteiger partial charge in [0.25, 0.3) is 0 Å². The number of esters is 1. The number of hydrogen-bond donors (Lipinski definition) is 2. The minimum atomic E-state index is -1.93. The van der Waals surface area contributed by atoms with Crippen molar-refractivity contribution in [3.05, 3.63) is 23.7 Å². The van der Waals surface area contributed by atoms with E-state index in [0.29, 0.717) is 0 Å². The summed E-state index contributed by atoms with van der Waals surface area (Å²) in [4.78, 5) is 21.7. The first kappa shape index (κ1) is 12.3. The molecule has 0 fully saturated rings. The Morgan fingerprint density at radius 3 is 2.62 bits per heavy atom. The highest BCUT2D eigenvalue weighted by molar-refractivity contribution is 5.86. The summed E-state index contributed by atoms with van der Waals surface area (Å²) in [5.41, 5.74) is -1.93. The van der Waals surface area contributed by atoms with E-state index in [2.05, 4.69) is 4.74 Å². The molecule has 0 spiro atoms. The van der Waals surface area contributed by atoms with E-state index in [0.717, 1.165) is 6.92 Å². The zero-order valence-electron chi connectivity index (χ0n) is 8.89. The second-order valence-corrected chi connectivity index (χ2v) is 3.51. The van der Waals surface area contributed by atoms with Crippen LogP contribution in [0.1, 0.15) is 23.2 Å². The molecule has 0 aliphatic heterocycles. The monoisotopic (exact) mass is 228 g/mol. The van der Waals surface area contributed by atoms with Gasteiger partial charge < -0.3 is 19.4 Å². The average molecular weight is 228 g/mol. The van der Waals surface area contributed by atoms with Crippen molar-refractivity contribution in [3.8, 4) is 0 Å². The van der Waals surface area contributed by atoms with Crippen molar-refractivity contribution in [1.29, 1.82) is 0 Å². The number of hydrogen-bond acceptors (Lipinski definition) is 5. The molecule has 1 aromatic rings.